The smallest absolute Gasteiger partial charge is 0.318 e. The van der Waals surface area contributed by atoms with E-state index in [0.29, 0.717) is 12.1 Å². The zero-order valence-electron chi connectivity index (χ0n) is 22.2. The molecule has 2 amide bonds. The number of esters is 2. The van der Waals surface area contributed by atoms with Gasteiger partial charge in [0.25, 0.3) is 0 Å². The Labute approximate surface area is 223 Å². The Morgan fingerprint density at radius 1 is 1.11 bits per heavy atom. The maximum atomic E-state index is 13.0. The average molecular weight is 525 g/mol. The second-order valence-corrected chi connectivity index (χ2v) is 10.4. The van der Waals surface area contributed by atoms with Crippen molar-refractivity contribution in [3.63, 3.8) is 0 Å². The number of carbonyl (C=O) groups excluding carboxylic acids is 4. The summed E-state index contributed by atoms with van der Waals surface area (Å²) in [6.07, 6.45) is 9.69. The summed E-state index contributed by atoms with van der Waals surface area (Å²) >= 11 is 0. The molecule has 1 saturated heterocycles. The van der Waals surface area contributed by atoms with Crippen LogP contribution in [0.1, 0.15) is 57.1 Å². The Kier molecular flexibility index (Phi) is 10.3. The number of amides is 2. The lowest BCUT2D eigenvalue weighted by Crippen LogP contribution is -2.47. The lowest BCUT2D eigenvalue weighted by atomic mass is 9.91. The van der Waals surface area contributed by atoms with Gasteiger partial charge in [-0.25, -0.2) is 0 Å². The molecule has 0 aromatic carbocycles. The summed E-state index contributed by atoms with van der Waals surface area (Å²) in [4.78, 5) is 60.2. The Morgan fingerprint density at radius 2 is 1.87 bits per heavy atom. The van der Waals surface area contributed by atoms with Crippen molar-refractivity contribution < 1.29 is 28.7 Å². The maximum Gasteiger partial charge on any atom is 0.318 e. The highest BCUT2D eigenvalue weighted by molar-refractivity contribution is 5.87. The van der Waals surface area contributed by atoms with E-state index in [-0.39, 0.29) is 30.8 Å². The van der Waals surface area contributed by atoms with Gasteiger partial charge in [0.15, 0.2) is 0 Å². The van der Waals surface area contributed by atoms with Crippen LogP contribution in [-0.4, -0.2) is 65.0 Å². The van der Waals surface area contributed by atoms with Crippen LogP contribution in [-0.2, 0) is 35.1 Å². The monoisotopic (exact) mass is 524 g/mol. The minimum Gasteiger partial charge on any atom is -0.427 e. The number of nitrogens with one attached hydrogen (secondary N) is 1. The number of rotatable bonds is 11. The van der Waals surface area contributed by atoms with Crippen molar-refractivity contribution in [1.29, 1.82) is 0 Å². The highest BCUT2D eigenvalue weighted by Gasteiger charge is 2.30. The van der Waals surface area contributed by atoms with Gasteiger partial charge >= 0.3 is 11.9 Å². The van der Waals surface area contributed by atoms with E-state index in [1.54, 1.807) is 56.4 Å². The highest BCUT2D eigenvalue weighted by atomic mass is 16.7. The number of likely N-dealkylation sites (tertiary alicyclic amines) is 1. The standard InChI is InChI=1S/C28H36N4O6/c1-28(2,3)27(36)38-19-37-26(35)23(22-6-4-12-30-16-22)17-31-24(33)18-32-15-5-7-21(25(32)34)9-8-20-10-13-29-14-11-20/h4,6,10-14,16,21,23H,5,7-9,15,17-19H2,1-3H3,(H,31,33)/t21-,23+/m0/s1. The quantitative estimate of drug-likeness (QED) is 0.351. The second-order valence-electron chi connectivity index (χ2n) is 10.4. The zero-order chi connectivity index (χ0) is 27.5. The maximum absolute atomic E-state index is 13.0. The number of hydrogen-bond acceptors (Lipinski definition) is 8. The van der Waals surface area contributed by atoms with E-state index in [1.807, 2.05) is 12.1 Å². The summed E-state index contributed by atoms with van der Waals surface area (Å²) in [5.41, 5.74) is 0.946. The fraction of sp³-hybridized carbons (Fsp3) is 0.500. The van der Waals surface area contributed by atoms with Crippen LogP contribution in [0.3, 0.4) is 0 Å². The zero-order valence-corrected chi connectivity index (χ0v) is 22.2. The number of carbonyl (C=O) groups is 4. The van der Waals surface area contributed by atoms with Gasteiger partial charge in [0.1, 0.15) is 5.92 Å². The second kappa shape index (κ2) is 13.6. The summed E-state index contributed by atoms with van der Waals surface area (Å²) in [5.74, 6) is -2.53. The molecule has 10 heteroatoms. The van der Waals surface area contributed by atoms with Gasteiger partial charge in [-0.15, -0.1) is 0 Å². The molecule has 3 heterocycles. The molecule has 1 aliphatic rings. The molecule has 0 radical (unpaired) electrons. The number of aromatic nitrogens is 2. The molecule has 1 aliphatic heterocycles. The summed E-state index contributed by atoms with van der Waals surface area (Å²) in [7, 11) is 0. The van der Waals surface area contributed by atoms with Crippen molar-refractivity contribution in [3.8, 4) is 0 Å². The van der Waals surface area contributed by atoms with Crippen molar-refractivity contribution in [2.24, 2.45) is 11.3 Å². The van der Waals surface area contributed by atoms with E-state index < -0.39 is 30.1 Å². The molecular weight excluding hydrogens is 488 g/mol. The van der Waals surface area contributed by atoms with Gasteiger partial charge in [-0.1, -0.05) is 6.07 Å². The minimum atomic E-state index is -0.855. The van der Waals surface area contributed by atoms with Gasteiger partial charge in [0.05, 0.1) is 12.0 Å². The molecule has 2 atom stereocenters. The van der Waals surface area contributed by atoms with E-state index in [1.165, 1.54) is 6.20 Å². The third kappa shape index (κ3) is 8.64. The fourth-order valence-corrected chi connectivity index (χ4v) is 4.16. The molecule has 10 nitrogen and oxygen atoms in total. The molecule has 2 aromatic rings. The molecule has 0 saturated carbocycles. The van der Waals surface area contributed by atoms with Crippen LogP contribution in [0.5, 0.6) is 0 Å². The van der Waals surface area contributed by atoms with Gasteiger partial charge in [0, 0.05) is 43.8 Å². The number of ether oxygens (including phenoxy) is 2. The van der Waals surface area contributed by atoms with E-state index in [4.69, 9.17) is 9.47 Å². The Morgan fingerprint density at radius 3 is 2.55 bits per heavy atom. The predicted octanol–water partition coefficient (Wildman–Crippen LogP) is 2.64. The largest absolute Gasteiger partial charge is 0.427 e. The van der Waals surface area contributed by atoms with Gasteiger partial charge in [-0.05, 0) is 75.8 Å². The van der Waals surface area contributed by atoms with Crippen molar-refractivity contribution in [3.05, 3.63) is 60.2 Å². The molecule has 1 fully saturated rings. The SMILES string of the molecule is CC(C)(C)C(=O)OCOC(=O)[C@H](CNC(=O)CN1CCC[C@@H](CCc2ccncc2)C1=O)c1cccnc1. The molecule has 0 aliphatic carbocycles. The number of piperidine rings is 1. The Hall–Kier alpha value is -3.82. The van der Waals surface area contributed by atoms with Crippen LogP contribution in [0.15, 0.2) is 49.1 Å². The van der Waals surface area contributed by atoms with E-state index >= 15 is 0 Å². The van der Waals surface area contributed by atoms with Crippen LogP contribution in [0.4, 0.5) is 0 Å². The Bertz CT molecular complexity index is 1090. The Balaban J connectivity index is 1.52. The van der Waals surface area contributed by atoms with Crippen LogP contribution in [0.2, 0.25) is 0 Å². The van der Waals surface area contributed by atoms with Crippen molar-refractivity contribution in [2.45, 2.75) is 52.4 Å². The summed E-state index contributed by atoms with van der Waals surface area (Å²) < 4.78 is 10.2. The average Bonchev–Trinajstić information content (AvgIpc) is 2.90. The number of aryl methyl sites for hydroxylation is 1. The minimum absolute atomic E-state index is 0.0238. The fourth-order valence-electron chi connectivity index (χ4n) is 4.16. The van der Waals surface area contributed by atoms with Crippen molar-refractivity contribution in [1.82, 2.24) is 20.2 Å². The third-order valence-electron chi connectivity index (χ3n) is 6.39. The van der Waals surface area contributed by atoms with Crippen molar-refractivity contribution in [2.75, 3.05) is 26.4 Å². The number of pyridine rings is 2. The molecule has 2 aromatic heterocycles. The van der Waals surface area contributed by atoms with Crippen LogP contribution in [0.25, 0.3) is 0 Å². The molecular formula is C28H36N4O6. The van der Waals surface area contributed by atoms with Crippen LogP contribution in [0, 0.1) is 11.3 Å². The first-order valence-corrected chi connectivity index (χ1v) is 12.8. The van der Waals surface area contributed by atoms with Crippen LogP contribution >= 0.6 is 0 Å². The van der Waals surface area contributed by atoms with E-state index in [9.17, 15) is 19.2 Å². The molecule has 1 N–H and O–H groups in total. The van der Waals surface area contributed by atoms with E-state index in [2.05, 4.69) is 15.3 Å². The van der Waals surface area contributed by atoms with Gasteiger partial charge in [-0.3, -0.25) is 29.1 Å². The molecule has 38 heavy (non-hydrogen) atoms. The summed E-state index contributed by atoms with van der Waals surface area (Å²) in [6, 6.07) is 7.26. The van der Waals surface area contributed by atoms with Gasteiger partial charge in [0.2, 0.25) is 18.6 Å². The first-order valence-electron chi connectivity index (χ1n) is 12.8. The van der Waals surface area contributed by atoms with Gasteiger partial charge < -0.3 is 19.7 Å². The normalized spacial score (nSPS) is 16.4. The predicted molar refractivity (Wildman–Crippen MR) is 138 cm³/mol. The van der Waals surface area contributed by atoms with Crippen molar-refractivity contribution >= 4 is 23.8 Å². The summed E-state index contributed by atoms with van der Waals surface area (Å²) in [5, 5.41) is 2.75. The molecule has 0 bridgehead atoms. The lowest BCUT2D eigenvalue weighted by molar-refractivity contribution is -0.173. The van der Waals surface area contributed by atoms with Gasteiger partial charge in [-0.2, -0.15) is 0 Å². The number of nitrogens with zero attached hydrogens (tertiary/aromatic N) is 3. The molecule has 0 unspecified atom stereocenters. The van der Waals surface area contributed by atoms with Crippen LogP contribution < -0.4 is 5.32 Å². The summed E-state index contributed by atoms with van der Waals surface area (Å²) in [6.45, 7) is 4.95. The third-order valence-corrected chi connectivity index (χ3v) is 6.39. The molecule has 204 valence electrons. The highest BCUT2D eigenvalue weighted by Crippen LogP contribution is 2.23. The topological polar surface area (TPSA) is 128 Å². The molecule has 3 rings (SSSR count). The first-order chi connectivity index (χ1) is 18.1. The first kappa shape index (κ1) is 28.7. The van der Waals surface area contributed by atoms with E-state index in [0.717, 1.165) is 31.2 Å². The molecule has 0 spiro atoms. The number of hydrogen-bond donors (Lipinski definition) is 1. The lowest BCUT2D eigenvalue weighted by Gasteiger charge is -2.32.